The van der Waals surface area contributed by atoms with Crippen LogP contribution in [0.15, 0.2) is 0 Å². The van der Waals surface area contributed by atoms with Gasteiger partial charge in [0.1, 0.15) is 0 Å². The fourth-order valence-electron chi connectivity index (χ4n) is 0. The van der Waals surface area contributed by atoms with Gasteiger partial charge in [0.2, 0.25) is 0 Å². The Morgan fingerprint density at radius 3 is 1.29 bits per heavy atom. The summed E-state index contributed by atoms with van der Waals surface area (Å²) >= 11 is 0. The molecule has 0 amide bonds. The van der Waals surface area contributed by atoms with Gasteiger partial charge in [-0.2, -0.15) is 13.3 Å². The van der Waals surface area contributed by atoms with E-state index in [0.29, 0.717) is 0 Å². The normalized spacial score (nSPS) is 3.43. The Labute approximate surface area is 70.6 Å². The molecule has 0 fully saturated rings. The molecule has 0 heterocycles. The molecule has 0 unspecified atom stereocenters. The predicted octanol–water partition coefficient (Wildman–Crippen LogP) is 2.65. The van der Waals surface area contributed by atoms with Gasteiger partial charge in [0, 0.05) is 0 Å². The Morgan fingerprint density at radius 2 is 1.29 bits per heavy atom. The van der Waals surface area contributed by atoms with Crippen LogP contribution in [0.1, 0.15) is 20.3 Å². The molecule has 0 rings (SSSR count). The zero-order valence-corrected chi connectivity index (χ0v) is 9.92. The van der Waals surface area contributed by atoms with Crippen LogP contribution in [-0.2, 0) is 19.5 Å². The van der Waals surface area contributed by atoms with Crippen LogP contribution >= 0.6 is 17.0 Å². The van der Waals surface area contributed by atoms with Gasteiger partial charge in [-0.05, 0) is 0 Å². The van der Waals surface area contributed by atoms with Crippen molar-refractivity contribution in [2.45, 2.75) is 20.3 Å². The molecule has 0 bridgehead atoms. The standard InChI is InChI=1S/C3H7.C2H5.BrH.Zn/c1-3-2;1-2;;/h1,3H2,2H3;1H2,2H3;1H;/q2*-1;;+2. The third-order valence-electron chi connectivity index (χ3n) is 0. The van der Waals surface area contributed by atoms with Crippen molar-refractivity contribution in [1.29, 1.82) is 0 Å². The summed E-state index contributed by atoms with van der Waals surface area (Å²) in [4.78, 5) is 0. The molecule has 0 aromatic rings. The van der Waals surface area contributed by atoms with Crippen LogP contribution in [0.5, 0.6) is 0 Å². The molecule has 0 aliphatic rings. The SMILES string of the molecule is Br.[CH2-]C.[CH2-]CC.[Zn+2]. The summed E-state index contributed by atoms with van der Waals surface area (Å²) in [6, 6.07) is 0. The summed E-state index contributed by atoms with van der Waals surface area (Å²) in [5.41, 5.74) is 0. The van der Waals surface area contributed by atoms with Crippen molar-refractivity contribution >= 4 is 17.0 Å². The third-order valence-corrected chi connectivity index (χ3v) is 0. The molecule has 7 heavy (non-hydrogen) atoms. The molecule has 0 aromatic heterocycles. The zero-order chi connectivity index (χ0) is 4.71. The Kier molecular flexibility index (Phi) is 207. The number of hydrogen-bond acceptors (Lipinski definition) is 0. The second-order valence-electron chi connectivity index (χ2n) is 0.500. The number of hydrogen-bond donors (Lipinski definition) is 0. The molecular formula is C5H13BrZn. The van der Waals surface area contributed by atoms with Gasteiger partial charge in [-0.1, -0.05) is 6.92 Å². The van der Waals surface area contributed by atoms with Crippen LogP contribution in [0.25, 0.3) is 0 Å². The van der Waals surface area contributed by atoms with Gasteiger partial charge in [0.15, 0.2) is 0 Å². The molecule has 0 radical (unpaired) electrons. The largest absolute Gasteiger partial charge is 2.00 e. The van der Waals surface area contributed by atoms with Crippen LogP contribution in [0.3, 0.4) is 0 Å². The first-order valence-corrected chi connectivity index (χ1v) is 1.91. The maximum atomic E-state index is 3.49. The van der Waals surface area contributed by atoms with Crippen molar-refractivity contribution in [3.05, 3.63) is 13.8 Å². The van der Waals surface area contributed by atoms with E-state index in [1.54, 1.807) is 6.92 Å². The molecule has 0 aliphatic carbocycles. The first-order valence-electron chi connectivity index (χ1n) is 1.91. The predicted molar refractivity (Wildman–Crippen MR) is 37.0 cm³/mol. The topological polar surface area (TPSA) is 0 Å². The molecule has 0 nitrogen and oxygen atoms in total. The van der Waals surface area contributed by atoms with Crippen molar-refractivity contribution in [3.63, 3.8) is 0 Å². The van der Waals surface area contributed by atoms with Crippen molar-refractivity contribution in [1.82, 2.24) is 0 Å². The van der Waals surface area contributed by atoms with Crippen LogP contribution in [0.2, 0.25) is 0 Å². The summed E-state index contributed by atoms with van der Waals surface area (Å²) in [5, 5.41) is 0. The summed E-state index contributed by atoms with van der Waals surface area (Å²) in [7, 11) is 0. The fourth-order valence-corrected chi connectivity index (χ4v) is 0. The van der Waals surface area contributed by atoms with E-state index in [4.69, 9.17) is 0 Å². The zero-order valence-electron chi connectivity index (χ0n) is 5.24. The minimum atomic E-state index is 0. The Hall–Kier alpha value is 1.10. The van der Waals surface area contributed by atoms with Crippen LogP contribution in [-0.4, -0.2) is 0 Å². The van der Waals surface area contributed by atoms with Gasteiger partial charge in [0.05, 0.1) is 0 Å². The van der Waals surface area contributed by atoms with Crippen molar-refractivity contribution in [3.8, 4) is 0 Å². The van der Waals surface area contributed by atoms with E-state index in [1.807, 2.05) is 6.92 Å². The number of halogens is 1. The van der Waals surface area contributed by atoms with Crippen molar-refractivity contribution in [2.24, 2.45) is 0 Å². The summed E-state index contributed by atoms with van der Waals surface area (Å²) in [6.45, 7) is 10.5. The molecule has 0 spiro atoms. The Morgan fingerprint density at radius 1 is 1.29 bits per heavy atom. The Bertz CT molecular complexity index is 8.04. The van der Waals surface area contributed by atoms with Gasteiger partial charge < -0.3 is 13.8 Å². The monoisotopic (exact) mass is 216 g/mol. The molecule has 0 aromatic carbocycles. The fraction of sp³-hybridized carbons (Fsp3) is 0.600. The first-order chi connectivity index (χ1) is 2.41. The van der Waals surface area contributed by atoms with Crippen LogP contribution in [0, 0.1) is 13.8 Å². The van der Waals surface area contributed by atoms with Gasteiger partial charge >= 0.3 is 19.5 Å². The van der Waals surface area contributed by atoms with Gasteiger partial charge in [-0.3, -0.25) is 0 Å². The third kappa shape index (κ3) is 152. The van der Waals surface area contributed by atoms with Crippen LogP contribution < -0.4 is 0 Å². The second-order valence-corrected chi connectivity index (χ2v) is 0.500. The molecule has 0 aliphatic heterocycles. The van der Waals surface area contributed by atoms with E-state index in [-0.39, 0.29) is 36.5 Å². The maximum absolute atomic E-state index is 3.49. The Balaban J connectivity index is -0.0000000105. The van der Waals surface area contributed by atoms with Crippen LogP contribution in [0.4, 0.5) is 0 Å². The quantitative estimate of drug-likeness (QED) is 0.433. The van der Waals surface area contributed by atoms with E-state index in [0.717, 1.165) is 6.42 Å². The molecule has 0 saturated carbocycles. The van der Waals surface area contributed by atoms with E-state index >= 15 is 0 Å². The van der Waals surface area contributed by atoms with E-state index in [2.05, 4.69) is 13.8 Å². The average molecular weight is 218 g/mol. The summed E-state index contributed by atoms with van der Waals surface area (Å²) in [5.74, 6) is 0. The van der Waals surface area contributed by atoms with Gasteiger partial charge in [-0.15, -0.1) is 17.0 Å². The molecule has 0 saturated heterocycles. The van der Waals surface area contributed by atoms with E-state index < -0.39 is 0 Å². The van der Waals surface area contributed by atoms with E-state index in [9.17, 15) is 0 Å². The smallest absolute Gasteiger partial charge is 0.346 e. The first kappa shape index (κ1) is 24.3. The number of rotatable bonds is 0. The molecule has 0 N–H and O–H groups in total. The summed E-state index contributed by atoms with van der Waals surface area (Å²) < 4.78 is 0. The van der Waals surface area contributed by atoms with Gasteiger partial charge in [-0.25, -0.2) is 0 Å². The molecule has 0 atom stereocenters. The maximum Gasteiger partial charge on any atom is 2.00 e. The molecule has 42 valence electrons. The van der Waals surface area contributed by atoms with Crippen molar-refractivity contribution < 1.29 is 19.5 Å². The second kappa shape index (κ2) is 59.8. The molecule has 2 heteroatoms. The minimum Gasteiger partial charge on any atom is -0.346 e. The van der Waals surface area contributed by atoms with Crippen molar-refractivity contribution in [2.75, 3.05) is 0 Å². The minimum absolute atomic E-state index is 0. The average Bonchev–Trinajstić information content (AvgIpc) is 1.46. The summed E-state index contributed by atoms with van der Waals surface area (Å²) in [6.07, 6.45) is 1.00. The molecular weight excluding hydrogens is 205 g/mol. The van der Waals surface area contributed by atoms with E-state index in [1.165, 1.54) is 0 Å². The van der Waals surface area contributed by atoms with Gasteiger partial charge in [0.25, 0.3) is 0 Å².